The molecule has 0 radical (unpaired) electrons. The molecule has 13 heavy (non-hydrogen) atoms. The molecule has 0 amide bonds. The summed E-state index contributed by atoms with van der Waals surface area (Å²) in [4.78, 5) is 5.56. The minimum absolute atomic E-state index is 1.02. The molecule has 0 fully saturated rings. The number of rotatable bonds is 2. The van der Waals surface area contributed by atoms with Crippen LogP contribution in [0.3, 0.4) is 0 Å². The van der Waals surface area contributed by atoms with Crippen molar-refractivity contribution in [2.45, 2.75) is 9.79 Å². The summed E-state index contributed by atoms with van der Waals surface area (Å²) in [5, 5.41) is 0. The fraction of sp³-hybridized carbons (Fsp3) is 0. The molecule has 2 rings (SSSR count). The number of halogens is 1. The lowest BCUT2D eigenvalue weighted by molar-refractivity contribution is 1.34. The predicted octanol–water partition coefficient (Wildman–Crippen LogP) is 3.93. The zero-order valence-electron chi connectivity index (χ0n) is 6.83. The number of benzene rings is 1. The van der Waals surface area contributed by atoms with Crippen LogP contribution in [0.2, 0.25) is 0 Å². The molecule has 2 aromatic rings. The molecule has 1 aromatic carbocycles. The first-order chi connectivity index (χ1) is 6.34. The lowest BCUT2D eigenvalue weighted by atomic mass is 10.4. The third-order valence-electron chi connectivity index (χ3n) is 1.60. The molecule has 0 spiro atoms. The number of H-pyrrole nitrogens is 1. The van der Waals surface area contributed by atoms with Gasteiger partial charge in [0.2, 0.25) is 0 Å². The average molecular weight is 254 g/mol. The van der Waals surface area contributed by atoms with Gasteiger partial charge in [-0.2, -0.15) is 0 Å². The van der Waals surface area contributed by atoms with E-state index < -0.39 is 0 Å². The van der Waals surface area contributed by atoms with Gasteiger partial charge in [-0.3, -0.25) is 0 Å². The normalized spacial score (nSPS) is 10.2. The molecule has 1 aromatic heterocycles. The van der Waals surface area contributed by atoms with Gasteiger partial charge in [-0.1, -0.05) is 30.0 Å². The van der Waals surface area contributed by atoms with Gasteiger partial charge in [0.25, 0.3) is 0 Å². The first kappa shape index (κ1) is 8.91. The standard InChI is InChI=1S/C10H8BrNS/c11-10-6-9(7-12-10)13-8-4-2-1-3-5-8/h1-7,12H. The fourth-order valence-electron chi connectivity index (χ4n) is 1.03. The molecule has 0 aliphatic rings. The summed E-state index contributed by atoms with van der Waals surface area (Å²) in [6.45, 7) is 0. The van der Waals surface area contributed by atoms with Crippen LogP contribution in [0, 0.1) is 0 Å². The Kier molecular flexibility index (Phi) is 2.76. The van der Waals surface area contributed by atoms with Gasteiger partial charge in [-0.05, 0) is 34.1 Å². The lowest BCUT2D eigenvalue weighted by Crippen LogP contribution is -1.67. The van der Waals surface area contributed by atoms with Crippen LogP contribution in [0.4, 0.5) is 0 Å². The van der Waals surface area contributed by atoms with Crippen molar-refractivity contribution in [1.29, 1.82) is 0 Å². The molecule has 0 saturated carbocycles. The fourth-order valence-corrected chi connectivity index (χ4v) is 2.40. The molecule has 0 aliphatic carbocycles. The predicted molar refractivity (Wildman–Crippen MR) is 59.1 cm³/mol. The molecular formula is C10H8BrNS. The Morgan fingerprint density at radius 1 is 1.08 bits per heavy atom. The molecule has 1 heterocycles. The monoisotopic (exact) mass is 253 g/mol. The van der Waals surface area contributed by atoms with E-state index in [4.69, 9.17) is 0 Å². The van der Waals surface area contributed by atoms with Gasteiger partial charge in [-0.25, -0.2) is 0 Å². The molecule has 0 saturated heterocycles. The van der Waals surface area contributed by atoms with Crippen molar-refractivity contribution in [2.24, 2.45) is 0 Å². The highest BCUT2D eigenvalue weighted by Gasteiger charge is 1.98. The van der Waals surface area contributed by atoms with Crippen molar-refractivity contribution >= 4 is 27.7 Å². The van der Waals surface area contributed by atoms with Gasteiger partial charge in [0.15, 0.2) is 0 Å². The van der Waals surface area contributed by atoms with Crippen molar-refractivity contribution < 1.29 is 0 Å². The number of aromatic amines is 1. The Balaban J connectivity index is 2.15. The molecule has 3 heteroatoms. The third-order valence-corrected chi connectivity index (χ3v) is 3.04. The molecule has 1 N–H and O–H groups in total. The largest absolute Gasteiger partial charge is 0.355 e. The highest BCUT2D eigenvalue weighted by atomic mass is 79.9. The van der Waals surface area contributed by atoms with Crippen LogP contribution in [0.25, 0.3) is 0 Å². The van der Waals surface area contributed by atoms with Gasteiger partial charge >= 0.3 is 0 Å². The second-order valence-electron chi connectivity index (χ2n) is 2.60. The molecular weight excluding hydrogens is 246 g/mol. The summed E-state index contributed by atoms with van der Waals surface area (Å²) < 4.78 is 1.02. The second-order valence-corrected chi connectivity index (χ2v) is 4.60. The van der Waals surface area contributed by atoms with Crippen LogP contribution in [-0.4, -0.2) is 4.98 Å². The van der Waals surface area contributed by atoms with E-state index in [2.05, 4.69) is 39.1 Å². The van der Waals surface area contributed by atoms with Crippen LogP contribution in [0.1, 0.15) is 0 Å². The van der Waals surface area contributed by atoms with Crippen LogP contribution < -0.4 is 0 Å². The van der Waals surface area contributed by atoms with Crippen molar-refractivity contribution in [1.82, 2.24) is 4.98 Å². The molecule has 1 nitrogen and oxygen atoms in total. The minimum Gasteiger partial charge on any atom is -0.355 e. The number of aromatic nitrogens is 1. The maximum absolute atomic E-state index is 3.38. The number of nitrogens with one attached hydrogen (secondary N) is 1. The van der Waals surface area contributed by atoms with Gasteiger partial charge in [0.05, 0.1) is 4.60 Å². The van der Waals surface area contributed by atoms with E-state index in [0.29, 0.717) is 0 Å². The van der Waals surface area contributed by atoms with Crippen LogP contribution >= 0.6 is 27.7 Å². The molecule has 0 bridgehead atoms. The van der Waals surface area contributed by atoms with Gasteiger partial charge in [0.1, 0.15) is 0 Å². The molecule has 0 aliphatic heterocycles. The zero-order valence-corrected chi connectivity index (χ0v) is 9.23. The van der Waals surface area contributed by atoms with Gasteiger partial charge in [-0.15, -0.1) is 0 Å². The highest BCUT2D eigenvalue weighted by molar-refractivity contribution is 9.10. The van der Waals surface area contributed by atoms with E-state index in [0.717, 1.165) is 4.60 Å². The van der Waals surface area contributed by atoms with Crippen LogP contribution in [0.5, 0.6) is 0 Å². The third kappa shape index (κ3) is 2.39. The maximum Gasteiger partial charge on any atom is 0.0831 e. The van der Waals surface area contributed by atoms with E-state index in [1.165, 1.54) is 9.79 Å². The maximum atomic E-state index is 3.38. The molecule has 66 valence electrons. The summed E-state index contributed by atoms with van der Waals surface area (Å²) in [7, 11) is 0. The first-order valence-corrected chi connectivity index (χ1v) is 5.52. The summed E-state index contributed by atoms with van der Waals surface area (Å²) in [5.41, 5.74) is 0. The van der Waals surface area contributed by atoms with Crippen molar-refractivity contribution in [2.75, 3.05) is 0 Å². The Labute approximate surface area is 89.7 Å². The van der Waals surface area contributed by atoms with E-state index in [1.54, 1.807) is 11.8 Å². The lowest BCUT2D eigenvalue weighted by Gasteiger charge is -1.95. The minimum atomic E-state index is 1.02. The SMILES string of the molecule is Brc1cc(Sc2ccccc2)c[nH]1. The summed E-state index contributed by atoms with van der Waals surface area (Å²) in [5.74, 6) is 0. The topological polar surface area (TPSA) is 15.8 Å². The molecule has 0 unspecified atom stereocenters. The Hall–Kier alpha value is -0.670. The Bertz CT molecular complexity index is 383. The Morgan fingerprint density at radius 2 is 1.85 bits per heavy atom. The van der Waals surface area contributed by atoms with E-state index in [1.807, 2.05) is 24.4 Å². The van der Waals surface area contributed by atoms with E-state index in [-0.39, 0.29) is 0 Å². The zero-order chi connectivity index (χ0) is 9.10. The van der Waals surface area contributed by atoms with E-state index in [9.17, 15) is 0 Å². The quantitative estimate of drug-likeness (QED) is 0.858. The second kappa shape index (κ2) is 4.03. The van der Waals surface area contributed by atoms with Crippen molar-refractivity contribution in [3.8, 4) is 0 Å². The summed E-state index contributed by atoms with van der Waals surface area (Å²) in [6.07, 6.45) is 1.99. The van der Waals surface area contributed by atoms with Crippen molar-refractivity contribution in [3.05, 3.63) is 47.2 Å². The summed E-state index contributed by atoms with van der Waals surface area (Å²) >= 11 is 5.12. The van der Waals surface area contributed by atoms with Crippen LogP contribution in [0.15, 0.2) is 57.0 Å². The van der Waals surface area contributed by atoms with Crippen LogP contribution in [-0.2, 0) is 0 Å². The van der Waals surface area contributed by atoms with Gasteiger partial charge < -0.3 is 4.98 Å². The smallest absolute Gasteiger partial charge is 0.0831 e. The Morgan fingerprint density at radius 3 is 2.46 bits per heavy atom. The number of hydrogen-bond acceptors (Lipinski definition) is 1. The highest BCUT2D eigenvalue weighted by Crippen LogP contribution is 2.28. The number of hydrogen-bond donors (Lipinski definition) is 1. The first-order valence-electron chi connectivity index (χ1n) is 3.91. The van der Waals surface area contributed by atoms with Crippen molar-refractivity contribution in [3.63, 3.8) is 0 Å². The average Bonchev–Trinajstić information content (AvgIpc) is 2.53. The molecule has 0 atom stereocenters. The van der Waals surface area contributed by atoms with Gasteiger partial charge in [0, 0.05) is 16.0 Å². The summed E-state index contributed by atoms with van der Waals surface area (Å²) in [6, 6.07) is 12.4. The van der Waals surface area contributed by atoms with E-state index >= 15 is 0 Å².